The fourth-order valence-electron chi connectivity index (χ4n) is 2.06. The van der Waals surface area contributed by atoms with Crippen LogP contribution in [0.1, 0.15) is 40.4 Å². The molecule has 7 heteroatoms. The van der Waals surface area contributed by atoms with Crippen molar-refractivity contribution in [1.82, 2.24) is 14.3 Å². The van der Waals surface area contributed by atoms with Gasteiger partial charge in [0, 0.05) is 43.1 Å². The Labute approximate surface area is 136 Å². The van der Waals surface area contributed by atoms with Gasteiger partial charge in [0.25, 0.3) is 0 Å². The predicted molar refractivity (Wildman–Crippen MR) is 88.6 cm³/mol. The number of aromatic nitrogens is 2. The SMILES string of the molecule is CC(C)COC(=O)N1CCN(c2nc(C(C)(C)C)ns2)CC1. The topological polar surface area (TPSA) is 58.6 Å². The molecule has 0 N–H and O–H groups in total. The quantitative estimate of drug-likeness (QED) is 0.855. The van der Waals surface area contributed by atoms with Gasteiger partial charge in [-0.2, -0.15) is 4.37 Å². The molecule has 1 aliphatic rings. The highest BCUT2D eigenvalue weighted by Crippen LogP contribution is 2.26. The summed E-state index contributed by atoms with van der Waals surface area (Å²) in [5.41, 5.74) is -0.0305. The fraction of sp³-hybridized carbons (Fsp3) is 0.800. The highest BCUT2D eigenvalue weighted by Gasteiger charge is 2.26. The van der Waals surface area contributed by atoms with Crippen molar-refractivity contribution in [1.29, 1.82) is 0 Å². The van der Waals surface area contributed by atoms with E-state index in [1.807, 2.05) is 13.8 Å². The molecule has 0 spiro atoms. The molecule has 0 radical (unpaired) electrons. The van der Waals surface area contributed by atoms with Gasteiger partial charge in [0.1, 0.15) is 5.82 Å². The maximum atomic E-state index is 11.9. The number of amides is 1. The van der Waals surface area contributed by atoms with Crippen LogP contribution in [0.4, 0.5) is 9.93 Å². The maximum absolute atomic E-state index is 11.9. The van der Waals surface area contributed by atoms with E-state index in [0.717, 1.165) is 24.0 Å². The molecule has 22 heavy (non-hydrogen) atoms. The summed E-state index contributed by atoms with van der Waals surface area (Å²) in [5, 5.41) is 0.945. The summed E-state index contributed by atoms with van der Waals surface area (Å²) in [5.74, 6) is 1.24. The van der Waals surface area contributed by atoms with Gasteiger partial charge in [-0.3, -0.25) is 0 Å². The largest absolute Gasteiger partial charge is 0.449 e. The van der Waals surface area contributed by atoms with E-state index >= 15 is 0 Å². The molecule has 0 atom stereocenters. The summed E-state index contributed by atoms with van der Waals surface area (Å²) in [6.45, 7) is 13.8. The van der Waals surface area contributed by atoms with E-state index in [-0.39, 0.29) is 11.5 Å². The normalized spacial score (nSPS) is 16.3. The van der Waals surface area contributed by atoms with Crippen LogP contribution in [0.25, 0.3) is 0 Å². The Bertz CT molecular complexity index is 502. The minimum absolute atomic E-state index is 0.0305. The molecular formula is C15H26N4O2S. The predicted octanol–water partition coefficient (Wildman–Crippen LogP) is 2.75. The molecule has 0 unspecified atom stereocenters. The molecule has 1 aromatic rings. The zero-order valence-electron chi connectivity index (χ0n) is 14.1. The number of rotatable bonds is 3. The average Bonchev–Trinajstić information content (AvgIpc) is 2.94. The van der Waals surface area contributed by atoms with Gasteiger partial charge < -0.3 is 14.5 Å². The van der Waals surface area contributed by atoms with Crippen LogP contribution in [0, 0.1) is 5.92 Å². The Morgan fingerprint density at radius 3 is 2.41 bits per heavy atom. The first-order valence-electron chi connectivity index (χ1n) is 7.78. The molecule has 0 aromatic carbocycles. The lowest BCUT2D eigenvalue weighted by atomic mass is 9.96. The molecule has 6 nitrogen and oxygen atoms in total. The van der Waals surface area contributed by atoms with Crippen LogP contribution in [0.3, 0.4) is 0 Å². The van der Waals surface area contributed by atoms with Gasteiger partial charge in [0.2, 0.25) is 5.13 Å². The number of carbonyl (C=O) groups excluding carboxylic acids is 1. The van der Waals surface area contributed by atoms with Crippen molar-refractivity contribution >= 4 is 22.8 Å². The van der Waals surface area contributed by atoms with Crippen LogP contribution >= 0.6 is 11.5 Å². The number of nitrogens with zero attached hydrogens (tertiary/aromatic N) is 4. The van der Waals surface area contributed by atoms with Crippen molar-refractivity contribution in [2.75, 3.05) is 37.7 Å². The highest BCUT2D eigenvalue weighted by atomic mass is 32.1. The second-order valence-electron chi connectivity index (χ2n) is 7.10. The summed E-state index contributed by atoms with van der Waals surface area (Å²) in [6, 6.07) is 0. The summed E-state index contributed by atoms with van der Waals surface area (Å²) >= 11 is 1.44. The van der Waals surface area contributed by atoms with E-state index in [9.17, 15) is 4.79 Å². The molecular weight excluding hydrogens is 300 g/mol. The minimum atomic E-state index is -0.207. The maximum Gasteiger partial charge on any atom is 0.409 e. The molecule has 124 valence electrons. The molecule has 0 bridgehead atoms. The van der Waals surface area contributed by atoms with Gasteiger partial charge in [-0.05, 0) is 5.92 Å². The van der Waals surface area contributed by atoms with Crippen LogP contribution in [0.15, 0.2) is 0 Å². The third-order valence-corrected chi connectivity index (χ3v) is 4.21. The summed E-state index contributed by atoms with van der Waals surface area (Å²) in [4.78, 5) is 20.5. The van der Waals surface area contributed by atoms with Crippen LogP contribution in [-0.4, -0.2) is 53.1 Å². The number of anilines is 1. The van der Waals surface area contributed by atoms with Crippen molar-refractivity contribution in [3.05, 3.63) is 5.82 Å². The van der Waals surface area contributed by atoms with Gasteiger partial charge >= 0.3 is 6.09 Å². The van der Waals surface area contributed by atoms with Crippen LogP contribution in [-0.2, 0) is 10.2 Å². The zero-order valence-corrected chi connectivity index (χ0v) is 14.9. The Morgan fingerprint density at radius 2 is 1.91 bits per heavy atom. The molecule has 1 aromatic heterocycles. The Kier molecular flexibility index (Phi) is 5.26. The monoisotopic (exact) mass is 326 g/mol. The lowest BCUT2D eigenvalue weighted by Gasteiger charge is -2.33. The van der Waals surface area contributed by atoms with Crippen molar-refractivity contribution in [3.8, 4) is 0 Å². The van der Waals surface area contributed by atoms with Gasteiger partial charge in [-0.1, -0.05) is 34.6 Å². The van der Waals surface area contributed by atoms with Crippen molar-refractivity contribution in [2.24, 2.45) is 5.92 Å². The molecule has 2 heterocycles. The van der Waals surface area contributed by atoms with Gasteiger partial charge in [-0.25, -0.2) is 9.78 Å². The minimum Gasteiger partial charge on any atom is -0.449 e. The summed E-state index contributed by atoms with van der Waals surface area (Å²) in [6.07, 6.45) is -0.207. The van der Waals surface area contributed by atoms with E-state index in [0.29, 0.717) is 25.6 Å². The van der Waals surface area contributed by atoms with Crippen molar-refractivity contribution in [2.45, 2.75) is 40.0 Å². The molecule has 1 amide bonds. The Hall–Kier alpha value is -1.37. The van der Waals surface area contributed by atoms with Gasteiger partial charge in [-0.15, -0.1) is 0 Å². The average molecular weight is 326 g/mol. The Morgan fingerprint density at radius 1 is 1.27 bits per heavy atom. The third-order valence-electron chi connectivity index (χ3n) is 3.43. The first-order valence-corrected chi connectivity index (χ1v) is 8.55. The van der Waals surface area contributed by atoms with E-state index < -0.39 is 0 Å². The third kappa shape index (κ3) is 4.32. The molecule has 0 aliphatic carbocycles. The second-order valence-corrected chi connectivity index (χ2v) is 7.83. The molecule has 1 aliphatic heterocycles. The van der Waals surface area contributed by atoms with Crippen molar-refractivity contribution < 1.29 is 9.53 Å². The molecule has 1 saturated heterocycles. The summed E-state index contributed by atoms with van der Waals surface area (Å²) < 4.78 is 9.73. The van der Waals surface area contributed by atoms with Gasteiger partial charge in [0.05, 0.1) is 6.61 Å². The first-order chi connectivity index (χ1) is 10.3. The lowest BCUT2D eigenvalue weighted by molar-refractivity contribution is 0.0901. The number of piperazine rings is 1. The van der Waals surface area contributed by atoms with Crippen LogP contribution < -0.4 is 4.90 Å². The lowest BCUT2D eigenvalue weighted by Crippen LogP contribution is -2.49. The number of hydrogen-bond donors (Lipinski definition) is 0. The number of carbonyl (C=O) groups is 1. The Balaban J connectivity index is 1.87. The van der Waals surface area contributed by atoms with Crippen molar-refractivity contribution in [3.63, 3.8) is 0 Å². The van der Waals surface area contributed by atoms with Crippen LogP contribution in [0.5, 0.6) is 0 Å². The standard InChI is InChI=1S/C15H26N4O2S/c1-11(2)10-21-14(20)19-8-6-18(7-9-19)13-16-12(17-22-13)15(3,4)5/h11H,6-10H2,1-5H3. The van der Waals surface area contributed by atoms with E-state index in [1.54, 1.807) is 4.90 Å². The molecule has 1 fully saturated rings. The van der Waals surface area contributed by atoms with E-state index in [2.05, 4.69) is 35.0 Å². The van der Waals surface area contributed by atoms with Gasteiger partial charge in [0.15, 0.2) is 0 Å². The van der Waals surface area contributed by atoms with E-state index in [1.165, 1.54) is 11.5 Å². The smallest absolute Gasteiger partial charge is 0.409 e. The second kappa shape index (κ2) is 6.81. The first kappa shape index (κ1) is 17.0. The molecule has 0 saturated carbocycles. The number of hydrogen-bond acceptors (Lipinski definition) is 6. The zero-order chi connectivity index (χ0) is 16.3. The summed E-state index contributed by atoms with van der Waals surface area (Å²) in [7, 11) is 0. The highest BCUT2D eigenvalue weighted by molar-refractivity contribution is 7.09. The van der Waals surface area contributed by atoms with Crippen LogP contribution in [0.2, 0.25) is 0 Å². The molecule has 2 rings (SSSR count). The fourth-order valence-corrected chi connectivity index (χ4v) is 2.97. The number of ether oxygens (including phenoxy) is 1. The van der Waals surface area contributed by atoms with E-state index in [4.69, 9.17) is 4.74 Å².